The Hall–Kier alpha value is -1.46. The van der Waals surface area contributed by atoms with Gasteiger partial charge in [0.15, 0.2) is 10.2 Å². The minimum Gasteiger partial charge on any atom is -0.376 e. The number of nitrogens with zero attached hydrogens (tertiary/aromatic N) is 2. The SMILES string of the molecule is Cc1cccc(CCN(C(N)=S)c2nccs2)c1. The molecule has 3 nitrogen and oxygen atoms in total. The van der Waals surface area contributed by atoms with Crippen molar-refractivity contribution >= 4 is 33.8 Å². The minimum absolute atomic E-state index is 0.373. The monoisotopic (exact) mass is 277 g/mol. The Morgan fingerprint density at radius 3 is 2.94 bits per heavy atom. The quantitative estimate of drug-likeness (QED) is 0.873. The molecule has 5 heteroatoms. The van der Waals surface area contributed by atoms with Gasteiger partial charge >= 0.3 is 0 Å². The zero-order chi connectivity index (χ0) is 13.0. The van der Waals surface area contributed by atoms with Crippen LogP contribution in [0.4, 0.5) is 5.13 Å². The van der Waals surface area contributed by atoms with Gasteiger partial charge in [-0.2, -0.15) is 0 Å². The highest BCUT2D eigenvalue weighted by molar-refractivity contribution is 7.80. The standard InChI is InChI=1S/C13H15N3S2/c1-10-3-2-4-11(9-10)5-7-16(12(14)17)13-15-6-8-18-13/h2-4,6,8-9H,5,7H2,1H3,(H2,14,17). The normalized spacial score (nSPS) is 10.3. The first kappa shape index (κ1) is 13.0. The Bertz CT molecular complexity index is 523. The van der Waals surface area contributed by atoms with Gasteiger partial charge in [0.25, 0.3) is 0 Å². The maximum atomic E-state index is 5.75. The van der Waals surface area contributed by atoms with Gasteiger partial charge in [0.1, 0.15) is 0 Å². The largest absolute Gasteiger partial charge is 0.376 e. The van der Waals surface area contributed by atoms with Crippen molar-refractivity contribution in [2.24, 2.45) is 5.73 Å². The summed E-state index contributed by atoms with van der Waals surface area (Å²) in [7, 11) is 0. The average molecular weight is 277 g/mol. The zero-order valence-corrected chi connectivity index (χ0v) is 11.8. The number of thiocarbonyl (C=S) groups is 1. The van der Waals surface area contributed by atoms with Crippen molar-refractivity contribution in [3.8, 4) is 0 Å². The van der Waals surface area contributed by atoms with Gasteiger partial charge in [0, 0.05) is 18.1 Å². The molecule has 0 radical (unpaired) electrons. The maximum absolute atomic E-state index is 5.75. The second-order valence-electron chi connectivity index (χ2n) is 4.04. The first-order valence-electron chi connectivity index (χ1n) is 5.69. The highest BCUT2D eigenvalue weighted by atomic mass is 32.1. The van der Waals surface area contributed by atoms with Crippen molar-refractivity contribution in [2.75, 3.05) is 11.4 Å². The van der Waals surface area contributed by atoms with E-state index in [0.717, 1.165) is 18.1 Å². The summed E-state index contributed by atoms with van der Waals surface area (Å²) in [5.74, 6) is 0. The third kappa shape index (κ3) is 3.27. The highest BCUT2D eigenvalue weighted by Gasteiger charge is 2.11. The van der Waals surface area contributed by atoms with E-state index in [2.05, 4.69) is 36.2 Å². The van der Waals surface area contributed by atoms with Gasteiger partial charge in [-0.25, -0.2) is 4.98 Å². The summed E-state index contributed by atoms with van der Waals surface area (Å²) in [5, 5.41) is 3.15. The van der Waals surface area contributed by atoms with Crippen molar-refractivity contribution in [3.63, 3.8) is 0 Å². The highest BCUT2D eigenvalue weighted by Crippen LogP contribution is 2.17. The summed E-state index contributed by atoms with van der Waals surface area (Å²) in [6, 6.07) is 8.46. The molecule has 0 spiro atoms. The molecule has 0 saturated carbocycles. The molecule has 0 aliphatic rings. The molecule has 1 aromatic carbocycles. The van der Waals surface area contributed by atoms with Gasteiger partial charge in [-0.1, -0.05) is 29.8 Å². The molecule has 94 valence electrons. The topological polar surface area (TPSA) is 42.1 Å². The van der Waals surface area contributed by atoms with E-state index in [1.807, 2.05) is 10.3 Å². The molecule has 0 fully saturated rings. The molecule has 2 rings (SSSR count). The van der Waals surface area contributed by atoms with Crippen LogP contribution in [0.25, 0.3) is 0 Å². The van der Waals surface area contributed by atoms with Crippen LogP contribution < -0.4 is 10.6 Å². The van der Waals surface area contributed by atoms with E-state index in [-0.39, 0.29) is 0 Å². The first-order chi connectivity index (χ1) is 8.66. The van der Waals surface area contributed by atoms with Crippen LogP contribution in [0.1, 0.15) is 11.1 Å². The second-order valence-corrected chi connectivity index (χ2v) is 5.33. The number of thiazole rings is 1. The fourth-order valence-corrected chi connectivity index (χ4v) is 2.68. The summed E-state index contributed by atoms with van der Waals surface area (Å²) in [6.45, 7) is 2.85. The summed E-state index contributed by atoms with van der Waals surface area (Å²) >= 11 is 6.62. The Balaban J connectivity index is 2.05. The molecule has 0 unspecified atom stereocenters. The summed E-state index contributed by atoms with van der Waals surface area (Å²) < 4.78 is 0. The van der Waals surface area contributed by atoms with Crippen LogP contribution in [0.2, 0.25) is 0 Å². The lowest BCUT2D eigenvalue weighted by molar-refractivity contribution is 0.929. The number of benzene rings is 1. The third-order valence-corrected chi connectivity index (χ3v) is 3.64. The van der Waals surface area contributed by atoms with E-state index >= 15 is 0 Å². The second kappa shape index (κ2) is 5.93. The first-order valence-corrected chi connectivity index (χ1v) is 6.97. The molecule has 1 heterocycles. The predicted octanol–water partition coefficient (Wildman–Crippen LogP) is 2.74. The van der Waals surface area contributed by atoms with E-state index in [4.69, 9.17) is 18.0 Å². The summed E-state index contributed by atoms with van der Waals surface area (Å²) in [4.78, 5) is 6.12. The number of aryl methyl sites for hydroxylation is 1. The maximum Gasteiger partial charge on any atom is 0.191 e. The van der Waals surface area contributed by atoms with Crippen molar-refractivity contribution in [2.45, 2.75) is 13.3 Å². The van der Waals surface area contributed by atoms with E-state index in [0.29, 0.717) is 5.11 Å². The minimum atomic E-state index is 0.373. The van der Waals surface area contributed by atoms with Crippen LogP contribution in [0, 0.1) is 6.92 Å². The smallest absolute Gasteiger partial charge is 0.191 e. The van der Waals surface area contributed by atoms with Gasteiger partial charge in [0.05, 0.1) is 0 Å². The molecule has 0 amide bonds. The van der Waals surface area contributed by atoms with Crippen molar-refractivity contribution < 1.29 is 0 Å². The molecule has 2 N–H and O–H groups in total. The van der Waals surface area contributed by atoms with Gasteiger partial charge in [-0.05, 0) is 31.1 Å². The number of hydrogen-bond donors (Lipinski definition) is 1. The number of rotatable bonds is 4. The molecule has 0 aliphatic heterocycles. The molecular weight excluding hydrogens is 262 g/mol. The fourth-order valence-electron chi connectivity index (χ4n) is 1.76. The molecule has 2 aromatic rings. The van der Waals surface area contributed by atoms with Gasteiger partial charge in [0.2, 0.25) is 0 Å². The van der Waals surface area contributed by atoms with Gasteiger partial charge in [-0.15, -0.1) is 11.3 Å². The molecule has 18 heavy (non-hydrogen) atoms. The lowest BCUT2D eigenvalue weighted by atomic mass is 10.1. The Kier molecular flexibility index (Phi) is 4.28. The fraction of sp³-hybridized carbons (Fsp3) is 0.231. The van der Waals surface area contributed by atoms with Crippen LogP contribution in [0.15, 0.2) is 35.8 Å². The third-order valence-electron chi connectivity index (χ3n) is 2.62. The van der Waals surface area contributed by atoms with E-state index in [1.165, 1.54) is 11.1 Å². The lowest BCUT2D eigenvalue weighted by Crippen LogP contribution is -2.37. The number of hydrogen-bond acceptors (Lipinski definition) is 3. The number of nitrogens with two attached hydrogens (primary N) is 1. The van der Waals surface area contributed by atoms with Gasteiger partial charge in [-0.3, -0.25) is 4.90 Å². The summed E-state index contributed by atoms with van der Waals surface area (Å²) in [6.07, 6.45) is 2.66. The van der Waals surface area contributed by atoms with E-state index in [1.54, 1.807) is 17.5 Å². The number of aromatic nitrogens is 1. The van der Waals surface area contributed by atoms with E-state index in [9.17, 15) is 0 Å². The average Bonchev–Trinajstić information content (AvgIpc) is 2.82. The molecule has 0 saturated heterocycles. The van der Waals surface area contributed by atoms with Crippen molar-refractivity contribution in [3.05, 3.63) is 47.0 Å². The molecule has 0 aliphatic carbocycles. The van der Waals surface area contributed by atoms with E-state index < -0.39 is 0 Å². The van der Waals surface area contributed by atoms with Crippen LogP contribution in [0.3, 0.4) is 0 Å². The van der Waals surface area contributed by atoms with Crippen LogP contribution in [-0.2, 0) is 6.42 Å². The Morgan fingerprint density at radius 2 is 2.33 bits per heavy atom. The molecule has 0 atom stereocenters. The van der Waals surface area contributed by atoms with Crippen molar-refractivity contribution in [1.82, 2.24) is 4.98 Å². The molecule has 1 aromatic heterocycles. The lowest BCUT2D eigenvalue weighted by Gasteiger charge is -2.19. The zero-order valence-electron chi connectivity index (χ0n) is 10.2. The van der Waals surface area contributed by atoms with Gasteiger partial charge < -0.3 is 5.73 Å². The molecular formula is C13H15N3S2. The predicted molar refractivity (Wildman–Crippen MR) is 81.1 cm³/mol. The van der Waals surface area contributed by atoms with Crippen LogP contribution in [-0.4, -0.2) is 16.6 Å². The molecule has 0 bridgehead atoms. The number of anilines is 1. The Morgan fingerprint density at radius 1 is 1.50 bits per heavy atom. The summed E-state index contributed by atoms with van der Waals surface area (Å²) in [5.41, 5.74) is 8.30. The van der Waals surface area contributed by atoms with Crippen molar-refractivity contribution in [1.29, 1.82) is 0 Å². The van der Waals surface area contributed by atoms with Crippen LogP contribution in [0.5, 0.6) is 0 Å². The van der Waals surface area contributed by atoms with Crippen LogP contribution >= 0.6 is 23.6 Å². The Labute approximate surface area is 116 Å².